The van der Waals surface area contributed by atoms with Gasteiger partial charge in [-0.3, -0.25) is 0 Å². The maximum atomic E-state index is 9.86. The van der Waals surface area contributed by atoms with Gasteiger partial charge in [-0.1, -0.05) is 26.7 Å². The summed E-state index contributed by atoms with van der Waals surface area (Å²) >= 11 is 0. The monoisotopic (exact) mass is 211 g/mol. The second-order valence-electron chi connectivity index (χ2n) is 5.86. The van der Waals surface area contributed by atoms with Crippen LogP contribution < -0.4 is 5.32 Å². The van der Waals surface area contributed by atoms with E-state index in [-0.39, 0.29) is 6.10 Å². The van der Waals surface area contributed by atoms with E-state index in [9.17, 15) is 5.11 Å². The highest BCUT2D eigenvalue weighted by molar-refractivity contribution is 4.98. The molecule has 2 atom stereocenters. The molecule has 0 unspecified atom stereocenters. The third kappa shape index (κ3) is 2.54. The number of hydrogen-bond acceptors (Lipinski definition) is 2. The highest BCUT2D eigenvalue weighted by atomic mass is 16.3. The first kappa shape index (κ1) is 11.4. The van der Waals surface area contributed by atoms with Crippen molar-refractivity contribution in [2.45, 2.75) is 64.5 Å². The van der Waals surface area contributed by atoms with E-state index in [2.05, 4.69) is 19.2 Å². The first-order chi connectivity index (χ1) is 7.14. The molecular weight excluding hydrogens is 186 g/mol. The molecule has 0 radical (unpaired) electrons. The molecule has 0 aromatic rings. The lowest BCUT2D eigenvalue weighted by molar-refractivity contribution is 0.0862. The van der Waals surface area contributed by atoms with Crippen molar-refractivity contribution in [1.29, 1.82) is 0 Å². The largest absolute Gasteiger partial charge is 0.392 e. The minimum absolute atomic E-state index is 0.0956. The van der Waals surface area contributed by atoms with Gasteiger partial charge in [-0.15, -0.1) is 0 Å². The van der Waals surface area contributed by atoms with E-state index in [1.807, 2.05) is 0 Å². The molecule has 15 heavy (non-hydrogen) atoms. The van der Waals surface area contributed by atoms with Crippen molar-refractivity contribution in [1.82, 2.24) is 5.32 Å². The predicted octanol–water partition coefficient (Wildman–Crippen LogP) is 2.32. The van der Waals surface area contributed by atoms with Crippen LogP contribution in [0.15, 0.2) is 0 Å². The normalized spacial score (nSPS) is 34.4. The topological polar surface area (TPSA) is 32.3 Å². The Kier molecular flexibility index (Phi) is 3.36. The Morgan fingerprint density at radius 3 is 2.47 bits per heavy atom. The maximum Gasteiger partial charge on any atom is 0.0693 e. The van der Waals surface area contributed by atoms with Crippen molar-refractivity contribution in [3.63, 3.8) is 0 Å². The maximum absolute atomic E-state index is 9.86. The second kappa shape index (κ2) is 4.42. The summed E-state index contributed by atoms with van der Waals surface area (Å²) in [4.78, 5) is 0. The summed E-state index contributed by atoms with van der Waals surface area (Å²) in [7, 11) is 0. The molecule has 2 aliphatic rings. The number of aliphatic hydroxyl groups is 1. The highest BCUT2D eigenvalue weighted by Crippen LogP contribution is 2.51. The molecule has 2 aliphatic carbocycles. The number of hydrogen-bond donors (Lipinski definition) is 2. The van der Waals surface area contributed by atoms with Crippen LogP contribution in [0.3, 0.4) is 0 Å². The van der Waals surface area contributed by atoms with Crippen LogP contribution >= 0.6 is 0 Å². The molecule has 0 heterocycles. The third-order valence-corrected chi connectivity index (χ3v) is 4.56. The van der Waals surface area contributed by atoms with Crippen LogP contribution in [0.2, 0.25) is 0 Å². The van der Waals surface area contributed by atoms with Crippen LogP contribution in [-0.4, -0.2) is 23.8 Å². The van der Waals surface area contributed by atoms with Crippen LogP contribution in [0.25, 0.3) is 0 Å². The predicted molar refractivity (Wildman–Crippen MR) is 62.8 cm³/mol. The van der Waals surface area contributed by atoms with Gasteiger partial charge in [0.1, 0.15) is 0 Å². The second-order valence-corrected chi connectivity index (χ2v) is 5.86. The molecular formula is C13H25NO. The van der Waals surface area contributed by atoms with Gasteiger partial charge < -0.3 is 10.4 Å². The van der Waals surface area contributed by atoms with Crippen molar-refractivity contribution in [2.24, 2.45) is 11.3 Å². The minimum atomic E-state index is -0.0956. The van der Waals surface area contributed by atoms with Gasteiger partial charge in [0.05, 0.1) is 6.10 Å². The van der Waals surface area contributed by atoms with E-state index >= 15 is 0 Å². The molecule has 0 aromatic carbocycles. The lowest BCUT2D eigenvalue weighted by atomic mass is 9.89. The third-order valence-electron chi connectivity index (χ3n) is 4.56. The fourth-order valence-corrected chi connectivity index (χ4v) is 2.80. The summed E-state index contributed by atoms with van der Waals surface area (Å²) in [6.45, 7) is 5.77. The van der Waals surface area contributed by atoms with Crippen LogP contribution in [0.1, 0.15) is 52.4 Å². The molecule has 0 saturated heterocycles. The molecule has 0 bridgehead atoms. The van der Waals surface area contributed by atoms with Crippen LogP contribution in [0, 0.1) is 11.3 Å². The summed E-state index contributed by atoms with van der Waals surface area (Å²) in [6, 6.07) is 0.370. The van der Waals surface area contributed by atoms with Crippen molar-refractivity contribution in [3.05, 3.63) is 0 Å². The van der Waals surface area contributed by atoms with E-state index in [1.165, 1.54) is 25.7 Å². The molecule has 0 spiro atoms. The van der Waals surface area contributed by atoms with Crippen molar-refractivity contribution >= 4 is 0 Å². The number of rotatable bonds is 4. The molecule has 2 nitrogen and oxygen atoms in total. The molecule has 2 saturated carbocycles. The fourth-order valence-electron chi connectivity index (χ4n) is 2.80. The summed E-state index contributed by atoms with van der Waals surface area (Å²) in [5.74, 6) is 0.783. The first-order valence-electron chi connectivity index (χ1n) is 6.55. The lowest BCUT2D eigenvalue weighted by Gasteiger charge is -2.31. The Morgan fingerprint density at radius 1 is 1.27 bits per heavy atom. The van der Waals surface area contributed by atoms with Gasteiger partial charge in [-0.05, 0) is 37.0 Å². The van der Waals surface area contributed by atoms with Crippen LogP contribution in [0.4, 0.5) is 0 Å². The van der Waals surface area contributed by atoms with E-state index in [0.717, 1.165) is 25.3 Å². The SMILES string of the molecule is CC(C)C1(CN[C@H]2CCCC[C@@H]2O)CC1. The zero-order chi connectivity index (χ0) is 10.9. The molecule has 88 valence electrons. The van der Waals surface area contributed by atoms with Crippen LogP contribution in [-0.2, 0) is 0 Å². The molecule has 2 heteroatoms. The van der Waals surface area contributed by atoms with E-state index in [4.69, 9.17) is 0 Å². The zero-order valence-corrected chi connectivity index (χ0v) is 10.1. The van der Waals surface area contributed by atoms with Gasteiger partial charge in [0.2, 0.25) is 0 Å². The first-order valence-corrected chi connectivity index (χ1v) is 6.55. The molecule has 0 amide bonds. The Balaban J connectivity index is 1.77. The summed E-state index contributed by atoms with van der Waals surface area (Å²) in [6.07, 6.45) is 7.29. The Hall–Kier alpha value is -0.0800. The summed E-state index contributed by atoms with van der Waals surface area (Å²) < 4.78 is 0. The van der Waals surface area contributed by atoms with Gasteiger partial charge in [0, 0.05) is 12.6 Å². The molecule has 2 rings (SSSR count). The fraction of sp³-hybridized carbons (Fsp3) is 1.00. The number of nitrogens with one attached hydrogen (secondary N) is 1. The van der Waals surface area contributed by atoms with E-state index in [1.54, 1.807) is 0 Å². The molecule has 2 N–H and O–H groups in total. The van der Waals surface area contributed by atoms with E-state index < -0.39 is 0 Å². The smallest absolute Gasteiger partial charge is 0.0693 e. The number of aliphatic hydroxyl groups excluding tert-OH is 1. The summed E-state index contributed by atoms with van der Waals surface area (Å²) in [5.41, 5.74) is 0.567. The summed E-state index contributed by atoms with van der Waals surface area (Å²) in [5, 5.41) is 13.5. The Morgan fingerprint density at radius 2 is 1.93 bits per heavy atom. The molecule has 0 aliphatic heterocycles. The van der Waals surface area contributed by atoms with Gasteiger partial charge in [-0.25, -0.2) is 0 Å². The van der Waals surface area contributed by atoms with Gasteiger partial charge in [0.25, 0.3) is 0 Å². The van der Waals surface area contributed by atoms with Gasteiger partial charge in [0.15, 0.2) is 0 Å². The van der Waals surface area contributed by atoms with Crippen molar-refractivity contribution < 1.29 is 5.11 Å². The zero-order valence-electron chi connectivity index (χ0n) is 10.1. The van der Waals surface area contributed by atoms with Gasteiger partial charge >= 0.3 is 0 Å². The average Bonchev–Trinajstić information content (AvgIpc) is 2.98. The van der Waals surface area contributed by atoms with Gasteiger partial charge in [-0.2, -0.15) is 0 Å². The standard InChI is InChI=1S/C13H25NO/c1-10(2)13(7-8-13)9-14-11-5-3-4-6-12(11)15/h10-12,14-15H,3-9H2,1-2H3/t11-,12-/m0/s1. The highest BCUT2D eigenvalue weighted by Gasteiger charge is 2.45. The van der Waals surface area contributed by atoms with E-state index in [0.29, 0.717) is 11.5 Å². The van der Waals surface area contributed by atoms with Crippen molar-refractivity contribution in [3.8, 4) is 0 Å². The minimum Gasteiger partial charge on any atom is -0.392 e. The quantitative estimate of drug-likeness (QED) is 0.748. The average molecular weight is 211 g/mol. The van der Waals surface area contributed by atoms with Crippen LogP contribution in [0.5, 0.6) is 0 Å². The Bertz CT molecular complexity index is 211. The molecule has 2 fully saturated rings. The lowest BCUT2D eigenvalue weighted by Crippen LogP contribution is -2.45. The molecule has 0 aromatic heterocycles. The Labute approximate surface area is 93.5 Å². The van der Waals surface area contributed by atoms with Crippen molar-refractivity contribution in [2.75, 3.05) is 6.54 Å².